The molecule has 2 aromatic carbocycles. The molecule has 0 aliphatic carbocycles. The summed E-state index contributed by atoms with van der Waals surface area (Å²) in [5.41, 5.74) is 1.59. The van der Waals surface area contributed by atoms with Crippen LogP contribution >= 0.6 is 0 Å². The Morgan fingerprint density at radius 1 is 1.22 bits per heavy atom. The molecule has 2 rings (SSSR count). The van der Waals surface area contributed by atoms with E-state index in [4.69, 9.17) is 4.74 Å². The molecule has 0 heterocycles. The predicted octanol–water partition coefficient (Wildman–Crippen LogP) is 3.33. The van der Waals surface area contributed by atoms with Gasteiger partial charge >= 0.3 is 0 Å². The lowest BCUT2D eigenvalue weighted by Crippen LogP contribution is -2.47. The highest BCUT2D eigenvalue weighted by atomic mass is 32.2. The zero-order chi connectivity index (χ0) is 20.2. The third kappa shape index (κ3) is 4.97. The number of hydrogen-bond acceptors (Lipinski definition) is 4. The maximum Gasteiger partial charge on any atom is 0.248 e. The first-order valence-electron chi connectivity index (χ1n) is 8.37. The van der Waals surface area contributed by atoms with Crippen LogP contribution in [0.4, 0.5) is 15.8 Å². The monoisotopic (exact) mass is 394 g/mol. The summed E-state index contributed by atoms with van der Waals surface area (Å²) >= 11 is 0. The first-order chi connectivity index (χ1) is 12.7. The molecule has 0 aliphatic rings. The summed E-state index contributed by atoms with van der Waals surface area (Å²) in [7, 11) is -2.30. The van der Waals surface area contributed by atoms with Gasteiger partial charge in [-0.1, -0.05) is 13.0 Å². The number of aryl methyl sites for hydroxylation is 1. The Morgan fingerprint density at radius 3 is 2.37 bits per heavy atom. The van der Waals surface area contributed by atoms with Crippen molar-refractivity contribution in [1.82, 2.24) is 0 Å². The number of carbonyl (C=O) groups is 1. The number of amides is 1. The molecule has 8 heteroatoms. The molecule has 1 atom stereocenters. The van der Waals surface area contributed by atoms with Gasteiger partial charge in [0, 0.05) is 0 Å². The summed E-state index contributed by atoms with van der Waals surface area (Å²) < 4.78 is 44.2. The van der Waals surface area contributed by atoms with E-state index in [1.165, 1.54) is 19.2 Å². The molecule has 0 saturated carbocycles. The SMILES string of the molecule is CC[C@H](C(=O)Nc1cc(C)ccc1OC)N(c1ccc(F)cc1)S(C)(=O)=O. The van der Waals surface area contributed by atoms with E-state index in [2.05, 4.69) is 5.32 Å². The first-order valence-corrected chi connectivity index (χ1v) is 10.2. The molecular formula is C19H23FN2O4S. The Morgan fingerprint density at radius 2 is 1.85 bits per heavy atom. The summed E-state index contributed by atoms with van der Waals surface area (Å²) in [6, 6.07) is 9.28. The first kappa shape index (κ1) is 20.7. The molecule has 27 heavy (non-hydrogen) atoms. The molecule has 0 aromatic heterocycles. The van der Waals surface area contributed by atoms with Gasteiger partial charge in [0.15, 0.2) is 0 Å². The normalized spacial score (nSPS) is 12.3. The van der Waals surface area contributed by atoms with Crippen LogP contribution in [0.3, 0.4) is 0 Å². The van der Waals surface area contributed by atoms with Gasteiger partial charge in [-0.2, -0.15) is 0 Å². The van der Waals surface area contributed by atoms with E-state index in [1.807, 2.05) is 13.0 Å². The number of benzene rings is 2. The summed E-state index contributed by atoms with van der Waals surface area (Å²) in [6.45, 7) is 3.58. The Kier molecular flexibility index (Phi) is 6.43. The molecule has 2 aromatic rings. The van der Waals surface area contributed by atoms with E-state index in [0.717, 1.165) is 28.3 Å². The Bertz CT molecular complexity index is 914. The van der Waals surface area contributed by atoms with Gasteiger partial charge in [0.05, 0.1) is 24.7 Å². The van der Waals surface area contributed by atoms with Crippen LogP contribution in [0.5, 0.6) is 5.75 Å². The van der Waals surface area contributed by atoms with Crippen LogP contribution in [0.2, 0.25) is 0 Å². The van der Waals surface area contributed by atoms with Gasteiger partial charge in [-0.3, -0.25) is 9.10 Å². The summed E-state index contributed by atoms with van der Waals surface area (Å²) in [4.78, 5) is 12.9. The van der Waals surface area contributed by atoms with Gasteiger partial charge in [-0.25, -0.2) is 12.8 Å². The molecule has 1 amide bonds. The summed E-state index contributed by atoms with van der Waals surface area (Å²) in [6.07, 6.45) is 1.24. The molecule has 0 fully saturated rings. The standard InChI is InChI=1S/C19H23FN2O4S/c1-5-17(19(23)21-16-12-13(2)6-11-18(16)26-3)22(27(4,24)25)15-9-7-14(20)8-10-15/h6-12,17H,5H2,1-4H3,(H,21,23)/t17-/m1/s1. The van der Waals surface area contributed by atoms with Crippen molar-refractivity contribution in [1.29, 1.82) is 0 Å². The summed E-state index contributed by atoms with van der Waals surface area (Å²) in [5, 5.41) is 2.74. The van der Waals surface area contributed by atoms with Crippen LogP contribution in [0, 0.1) is 12.7 Å². The fraction of sp³-hybridized carbons (Fsp3) is 0.316. The zero-order valence-corrected chi connectivity index (χ0v) is 16.5. The number of sulfonamides is 1. The van der Waals surface area contributed by atoms with Crippen LogP contribution in [0.25, 0.3) is 0 Å². The van der Waals surface area contributed by atoms with Crippen LogP contribution in [-0.4, -0.2) is 33.7 Å². The number of nitrogens with one attached hydrogen (secondary N) is 1. The molecule has 146 valence electrons. The highest BCUT2D eigenvalue weighted by Gasteiger charge is 2.32. The van der Waals surface area contributed by atoms with E-state index < -0.39 is 27.8 Å². The van der Waals surface area contributed by atoms with Gasteiger partial charge in [0.25, 0.3) is 0 Å². The van der Waals surface area contributed by atoms with Crippen molar-refractivity contribution in [3.63, 3.8) is 0 Å². The number of methoxy groups -OCH3 is 1. The van der Waals surface area contributed by atoms with Gasteiger partial charge in [-0.15, -0.1) is 0 Å². The molecule has 1 N–H and O–H groups in total. The van der Waals surface area contributed by atoms with Gasteiger partial charge in [-0.05, 0) is 55.3 Å². The molecule has 0 bridgehead atoms. The Hall–Kier alpha value is -2.61. The van der Waals surface area contributed by atoms with Crippen molar-refractivity contribution in [3.05, 3.63) is 53.8 Å². The molecule has 6 nitrogen and oxygen atoms in total. The molecule has 0 aliphatic heterocycles. The van der Waals surface area contributed by atoms with Crippen LogP contribution in [-0.2, 0) is 14.8 Å². The number of hydrogen-bond donors (Lipinski definition) is 1. The lowest BCUT2D eigenvalue weighted by atomic mass is 10.1. The number of nitrogens with zero attached hydrogens (tertiary/aromatic N) is 1. The average Bonchev–Trinajstić information content (AvgIpc) is 2.59. The van der Waals surface area contributed by atoms with Crippen molar-refractivity contribution in [2.24, 2.45) is 0 Å². The zero-order valence-electron chi connectivity index (χ0n) is 15.7. The van der Waals surface area contributed by atoms with Crippen LogP contribution in [0.1, 0.15) is 18.9 Å². The van der Waals surface area contributed by atoms with Crippen molar-refractivity contribution >= 4 is 27.3 Å². The largest absolute Gasteiger partial charge is 0.495 e. The molecular weight excluding hydrogens is 371 g/mol. The van der Waals surface area contributed by atoms with Gasteiger partial charge in [0.2, 0.25) is 15.9 Å². The maximum absolute atomic E-state index is 13.2. The molecule has 0 spiro atoms. The van der Waals surface area contributed by atoms with Crippen LogP contribution in [0.15, 0.2) is 42.5 Å². The average molecular weight is 394 g/mol. The maximum atomic E-state index is 13.2. The lowest BCUT2D eigenvalue weighted by molar-refractivity contribution is -0.117. The second-order valence-electron chi connectivity index (χ2n) is 6.15. The highest BCUT2D eigenvalue weighted by molar-refractivity contribution is 7.92. The quantitative estimate of drug-likeness (QED) is 0.782. The number of rotatable bonds is 7. The Balaban J connectivity index is 2.41. The van der Waals surface area contributed by atoms with Gasteiger partial charge in [0.1, 0.15) is 17.6 Å². The Labute approximate surface area is 159 Å². The predicted molar refractivity (Wildman–Crippen MR) is 104 cm³/mol. The van der Waals surface area contributed by atoms with E-state index in [-0.39, 0.29) is 12.1 Å². The van der Waals surface area contributed by atoms with Crippen molar-refractivity contribution in [2.45, 2.75) is 26.3 Å². The smallest absolute Gasteiger partial charge is 0.248 e. The number of ether oxygens (including phenoxy) is 1. The van der Waals surface area contributed by atoms with E-state index in [1.54, 1.807) is 19.1 Å². The van der Waals surface area contributed by atoms with Crippen molar-refractivity contribution in [2.75, 3.05) is 23.0 Å². The minimum Gasteiger partial charge on any atom is -0.495 e. The second-order valence-corrected chi connectivity index (χ2v) is 8.01. The molecule has 0 unspecified atom stereocenters. The number of halogens is 1. The minimum atomic E-state index is -3.78. The summed E-state index contributed by atoms with van der Waals surface area (Å²) in [5.74, 6) is -0.526. The highest BCUT2D eigenvalue weighted by Crippen LogP contribution is 2.27. The topological polar surface area (TPSA) is 75.7 Å². The minimum absolute atomic E-state index is 0.220. The van der Waals surface area contributed by atoms with Gasteiger partial charge < -0.3 is 10.1 Å². The lowest BCUT2D eigenvalue weighted by Gasteiger charge is -2.30. The van der Waals surface area contributed by atoms with E-state index in [9.17, 15) is 17.6 Å². The third-order valence-corrected chi connectivity index (χ3v) is 5.20. The second kappa shape index (κ2) is 8.39. The third-order valence-electron chi connectivity index (χ3n) is 4.02. The number of anilines is 2. The molecule has 0 radical (unpaired) electrons. The van der Waals surface area contributed by atoms with E-state index in [0.29, 0.717) is 11.4 Å². The fourth-order valence-electron chi connectivity index (χ4n) is 2.78. The fourth-order valence-corrected chi connectivity index (χ4v) is 4.00. The van der Waals surface area contributed by atoms with Crippen molar-refractivity contribution < 1.29 is 22.3 Å². The number of carbonyl (C=O) groups excluding carboxylic acids is 1. The van der Waals surface area contributed by atoms with Crippen molar-refractivity contribution in [3.8, 4) is 5.75 Å². The molecule has 0 saturated heterocycles. The van der Waals surface area contributed by atoms with Crippen LogP contribution < -0.4 is 14.4 Å². The van der Waals surface area contributed by atoms with E-state index >= 15 is 0 Å².